The fourth-order valence-electron chi connectivity index (χ4n) is 4.77. The Morgan fingerprint density at radius 3 is 2.74 bits per heavy atom. The maximum Gasteiger partial charge on any atom is 0.268 e. The lowest BCUT2D eigenvalue weighted by Crippen LogP contribution is -2.29. The molecule has 2 heterocycles. The monoisotopic (exact) mass is 539 g/mol. The van der Waals surface area contributed by atoms with Gasteiger partial charge in [-0.1, -0.05) is 6.58 Å². The molecule has 5 rings (SSSR count). The van der Waals surface area contributed by atoms with Crippen LogP contribution in [0.25, 0.3) is 11.3 Å². The molecule has 1 fully saturated rings. The highest BCUT2D eigenvalue weighted by Crippen LogP contribution is 2.57. The quantitative estimate of drug-likeness (QED) is 0.407. The van der Waals surface area contributed by atoms with E-state index in [2.05, 4.69) is 21.9 Å². The minimum absolute atomic E-state index is 0.00389. The molecule has 38 heavy (non-hydrogen) atoms. The first-order chi connectivity index (χ1) is 18.1. The predicted octanol–water partition coefficient (Wildman–Crippen LogP) is 4.53. The number of nitrogens with one attached hydrogen (secondary N) is 1. The molecule has 2 amide bonds. The van der Waals surface area contributed by atoms with Gasteiger partial charge in [0.2, 0.25) is 5.91 Å². The van der Waals surface area contributed by atoms with Crippen LogP contribution in [-0.4, -0.2) is 46.9 Å². The smallest absolute Gasteiger partial charge is 0.268 e. The van der Waals surface area contributed by atoms with Gasteiger partial charge in [0.25, 0.3) is 5.91 Å². The van der Waals surface area contributed by atoms with Gasteiger partial charge in [0.1, 0.15) is 35.1 Å². The second-order valence-corrected chi connectivity index (χ2v) is 10.9. The summed E-state index contributed by atoms with van der Waals surface area (Å²) < 4.78 is 35.7. The van der Waals surface area contributed by atoms with Crippen molar-refractivity contribution < 1.29 is 23.1 Å². The number of thiophene rings is 1. The number of anilines is 2. The summed E-state index contributed by atoms with van der Waals surface area (Å²) in [6.07, 6.45) is 6.11. The van der Waals surface area contributed by atoms with Crippen LogP contribution in [0.5, 0.6) is 5.75 Å². The molecule has 0 radical (unpaired) electrons. The number of aromatic nitrogens is 2. The van der Waals surface area contributed by atoms with Crippen molar-refractivity contribution in [2.24, 2.45) is 5.41 Å². The van der Waals surface area contributed by atoms with Crippen LogP contribution in [0.1, 0.15) is 38.5 Å². The molecule has 0 saturated heterocycles. The largest absolute Gasteiger partial charge is 0.486 e. The first-order valence-corrected chi connectivity index (χ1v) is 13.0. The summed E-state index contributed by atoms with van der Waals surface area (Å²) in [6.45, 7) is 5.44. The predicted molar refractivity (Wildman–Crippen MR) is 141 cm³/mol. The van der Waals surface area contributed by atoms with Gasteiger partial charge in [0, 0.05) is 28.7 Å². The Morgan fingerprint density at radius 1 is 1.29 bits per heavy atom. The standard InChI is InChI=1S/C27H27F2N5O3S/c1-4-20(35)34(3)7-8-37-23-22(31-13-32-25(23)30)16-9-15(28)10-18(14(16)2)33-26(36)24-21(29)17-11-27(5-6-27)12-19(17)38-24/h4,9-10,13H,1,5-8,11-12H2,2-3H3,(H,33,36)(H2,30,31,32). The van der Waals surface area contributed by atoms with Crippen molar-refractivity contribution in [2.45, 2.75) is 32.6 Å². The van der Waals surface area contributed by atoms with E-state index in [-0.39, 0.29) is 52.3 Å². The van der Waals surface area contributed by atoms with E-state index in [9.17, 15) is 14.0 Å². The summed E-state index contributed by atoms with van der Waals surface area (Å²) in [5.74, 6) is -1.85. The average molecular weight is 540 g/mol. The lowest BCUT2D eigenvalue weighted by Gasteiger charge is -2.18. The molecular formula is C27H27F2N5O3S. The summed E-state index contributed by atoms with van der Waals surface area (Å²) in [5.41, 5.74) is 8.11. The highest BCUT2D eigenvalue weighted by atomic mass is 32.1. The van der Waals surface area contributed by atoms with Gasteiger partial charge in [-0.25, -0.2) is 18.7 Å². The SMILES string of the molecule is C=CC(=O)N(C)CCOc1c(N)ncnc1-c1cc(F)cc(NC(=O)c2sc3c(c2F)CC2(CC2)C3)c1C. The topological polar surface area (TPSA) is 110 Å². The number of hydrogen-bond donors (Lipinski definition) is 2. The van der Waals surface area contributed by atoms with Crippen molar-refractivity contribution in [3.8, 4) is 17.0 Å². The van der Waals surface area contributed by atoms with E-state index in [0.29, 0.717) is 23.1 Å². The highest BCUT2D eigenvalue weighted by molar-refractivity contribution is 7.14. The minimum Gasteiger partial charge on any atom is -0.486 e. The molecule has 3 aromatic rings. The van der Waals surface area contributed by atoms with Crippen LogP contribution in [-0.2, 0) is 17.6 Å². The van der Waals surface area contributed by atoms with Crippen LogP contribution in [0.3, 0.4) is 0 Å². The minimum atomic E-state index is -0.634. The summed E-state index contributed by atoms with van der Waals surface area (Å²) in [6, 6.07) is 2.43. The highest BCUT2D eigenvalue weighted by Gasteiger charge is 2.49. The number of rotatable bonds is 8. The molecule has 11 heteroatoms. The van der Waals surface area contributed by atoms with Gasteiger partial charge in [-0.15, -0.1) is 11.3 Å². The molecule has 2 aliphatic rings. The molecule has 1 aromatic carbocycles. The van der Waals surface area contributed by atoms with Gasteiger partial charge in [-0.3, -0.25) is 9.59 Å². The van der Waals surface area contributed by atoms with Crippen LogP contribution >= 0.6 is 11.3 Å². The number of amides is 2. The Morgan fingerprint density at radius 2 is 2.05 bits per heavy atom. The maximum absolute atomic E-state index is 15.1. The van der Waals surface area contributed by atoms with Crippen molar-refractivity contribution in [3.63, 3.8) is 0 Å². The molecule has 3 N–H and O–H groups in total. The third-order valence-electron chi connectivity index (χ3n) is 7.21. The summed E-state index contributed by atoms with van der Waals surface area (Å²) in [5, 5.41) is 2.68. The Hall–Kier alpha value is -3.86. The number of nitrogen functional groups attached to an aromatic ring is 1. The van der Waals surface area contributed by atoms with E-state index in [1.807, 2.05) is 0 Å². The van der Waals surface area contributed by atoms with Gasteiger partial charge in [0.15, 0.2) is 11.6 Å². The van der Waals surface area contributed by atoms with Gasteiger partial charge in [-0.05, 0) is 61.8 Å². The summed E-state index contributed by atoms with van der Waals surface area (Å²) in [7, 11) is 1.60. The molecule has 0 atom stereocenters. The van der Waals surface area contributed by atoms with E-state index in [1.54, 1.807) is 14.0 Å². The van der Waals surface area contributed by atoms with Gasteiger partial charge in [-0.2, -0.15) is 0 Å². The number of benzene rings is 1. The number of likely N-dealkylation sites (N-methyl/N-ethyl adjacent to an activating group) is 1. The van der Waals surface area contributed by atoms with Crippen molar-refractivity contribution in [3.05, 3.63) is 63.6 Å². The maximum atomic E-state index is 15.1. The van der Waals surface area contributed by atoms with E-state index in [0.717, 1.165) is 24.1 Å². The van der Waals surface area contributed by atoms with E-state index in [1.165, 1.54) is 40.8 Å². The number of ether oxygens (including phenoxy) is 1. The Kier molecular flexibility index (Phi) is 6.64. The van der Waals surface area contributed by atoms with Crippen LogP contribution in [0.4, 0.5) is 20.3 Å². The average Bonchev–Trinajstić information content (AvgIpc) is 3.45. The molecule has 0 bridgehead atoms. The Balaban J connectivity index is 1.40. The Labute approximate surface area is 222 Å². The van der Waals surface area contributed by atoms with E-state index in [4.69, 9.17) is 10.5 Å². The number of fused-ring (bicyclic) bond motifs is 1. The van der Waals surface area contributed by atoms with E-state index < -0.39 is 17.5 Å². The fourth-order valence-corrected chi connectivity index (χ4v) is 6.03. The summed E-state index contributed by atoms with van der Waals surface area (Å²) >= 11 is 1.18. The molecule has 2 aliphatic carbocycles. The first-order valence-electron chi connectivity index (χ1n) is 12.1. The molecule has 198 valence electrons. The number of carbonyl (C=O) groups is 2. The van der Waals surface area contributed by atoms with Crippen LogP contribution in [0.15, 0.2) is 31.1 Å². The number of halogens is 2. The molecule has 0 unspecified atom stereocenters. The fraction of sp³-hybridized carbons (Fsp3) is 0.333. The second kappa shape index (κ2) is 9.79. The van der Waals surface area contributed by atoms with Crippen molar-refractivity contribution >= 4 is 34.7 Å². The second-order valence-electron chi connectivity index (χ2n) is 9.83. The zero-order chi connectivity index (χ0) is 27.2. The zero-order valence-corrected chi connectivity index (χ0v) is 21.9. The van der Waals surface area contributed by atoms with Crippen LogP contribution < -0.4 is 15.8 Å². The number of hydrogen-bond acceptors (Lipinski definition) is 7. The first kappa shape index (κ1) is 25.8. The molecule has 2 aromatic heterocycles. The van der Waals surface area contributed by atoms with Crippen molar-refractivity contribution in [2.75, 3.05) is 31.2 Å². The molecule has 0 aliphatic heterocycles. The normalized spacial score (nSPS) is 14.7. The van der Waals surface area contributed by atoms with Crippen molar-refractivity contribution in [1.29, 1.82) is 0 Å². The van der Waals surface area contributed by atoms with Gasteiger partial charge >= 0.3 is 0 Å². The third kappa shape index (κ3) is 4.73. The Bertz CT molecular complexity index is 1470. The van der Waals surface area contributed by atoms with Gasteiger partial charge < -0.3 is 20.7 Å². The lowest BCUT2D eigenvalue weighted by atomic mass is 10.0. The number of nitrogens with two attached hydrogens (primary N) is 1. The van der Waals surface area contributed by atoms with Gasteiger partial charge in [0.05, 0.1) is 6.54 Å². The summed E-state index contributed by atoms with van der Waals surface area (Å²) in [4.78, 5) is 35.4. The van der Waals surface area contributed by atoms with Crippen molar-refractivity contribution in [1.82, 2.24) is 14.9 Å². The molecule has 1 saturated carbocycles. The molecular weight excluding hydrogens is 512 g/mol. The van der Waals surface area contributed by atoms with E-state index >= 15 is 4.39 Å². The lowest BCUT2D eigenvalue weighted by molar-refractivity contribution is -0.125. The number of carbonyl (C=O) groups excluding carboxylic acids is 2. The number of nitrogens with zero attached hydrogens (tertiary/aromatic N) is 3. The third-order valence-corrected chi connectivity index (χ3v) is 8.41. The zero-order valence-electron chi connectivity index (χ0n) is 21.1. The van der Waals surface area contributed by atoms with Crippen LogP contribution in [0.2, 0.25) is 0 Å². The molecule has 8 nitrogen and oxygen atoms in total. The molecule has 1 spiro atoms. The van der Waals surface area contributed by atoms with Crippen LogP contribution in [0, 0.1) is 24.0 Å².